The predicted molar refractivity (Wildman–Crippen MR) is 146 cm³/mol. The van der Waals surface area contributed by atoms with Crippen molar-refractivity contribution >= 4 is 40.7 Å². The highest BCUT2D eigenvalue weighted by molar-refractivity contribution is 6.34. The highest BCUT2D eigenvalue weighted by Gasteiger charge is 2.19. The monoisotopic (exact) mass is 512 g/mol. The van der Waals surface area contributed by atoms with Crippen LogP contribution in [-0.4, -0.2) is 48.3 Å². The van der Waals surface area contributed by atoms with Crippen LogP contribution in [0, 0.1) is 0 Å². The van der Waals surface area contributed by atoms with Gasteiger partial charge in [0.2, 0.25) is 5.91 Å². The van der Waals surface area contributed by atoms with Crippen molar-refractivity contribution < 1.29 is 14.4 Å². The quantitative estimate of drug-likeness (QED) is 0.359. The number of rotatable bonds is 11. The molecule has 7 nitrogen and oxygen atoms in total. The Kier molecular flexibility index (Phi) is 10.6. The molecule has 0 bridgehead atoms. The normalized spacial score (nSPS) is 13.6. The van der Waals surface area contributed by atoms with Gasteiger partial charge in [-0.05, 0) is 62.1 Å². The van der Waals surface area contributed by atoms with E-state index in [1.54, 1.807) is 42.5 Å². The standard InChI is InChI=1S/C28H37ClN4O3/c1-3-15-33(16-4-2)28(36)20-9-8-12-23(17-20)31-26(34)19-30-22-13-14-25(29)24(18-22)27(35)32-21-10-6-5-7-11-21/h8-9,12-14,17-18,21,30H,3-7,10-11,15-16,19H2,1-2H3,(H,31,34)(H,32,35). The van der Waals surface area contributed by atoms with Gasteiger partial charge >= 0.3 is 0 Å². The maximum Gasteiger partial charge on any atom is 0.253 e. The third kappa shape index (κ3) is 7.98. The third-order valence-corrected chi connectivity index (χ3v) is 6.60. The number of anilines is 2. The molecule has 36 heavy (non-hydrogen) atoms. The molecule has 0 unspecified atom stereocenters. The molecular formula is C28H37ClN4O3. The van der Waals surface area contributed by atoms with E-state index >= 15 is 0 Å². The zero-order valence-electron chi connectivity index (χ0n) is 21.2. The summed E-state index contributed by atoms with van der Waals surface area (Å²) in [5.41, 5.74) is 2.13. The Morgan fingerprint density at radius 3 is 2.36 bits per heavy atom. The van der Waals surface area contributed by atoms with Gasteiger partial charge in [0, 0.05) is 36.1 Å². The third-order valence-electron chi connectivity index (χ3n) is 6.27. The first-order valence-electron chi connectivity index (χ1n) is 12.9. The SMILES string of the molecule is CCCN(CCC)C(=O)c1cccc(NC(=O)CNc2ccc(Cl)c(C(=O)NC3CCCCC3)c2)c1. The summed E-state index contributed by atoms with van der Waals surface area (Å²) in [5.74, 6) is -0.489. The molecule has 194 valence electrons. The summed E-state index contributed by atoms with van der Waals surface area (Å²) >= 11 is 6.28. The van der Waals surface area contributed by atoms with Crippen molar-refractivity contribution in [1.82, 2.24) is 10.2 Å². The summed E-state index contributed by atoms with van der Waals surface area (Å²) in [6.07, 6.45) is 7.23. The minimum atomic E-state index is -0.262. The molecule has 3 rings (SSSR count). The molecule has 1 fully saturated rings. The molecule has 0 aliphatic heterocycles. The first-order valence-corrected chi connectivity index (χ1v) is 13.3. The number of nitrogens with one attached hydrogen (secondary N) is 3. The highest BCUT2D eigenvalue weighted by atomic mass is 35.5. The van der Waals surface area contributed by atoms with E-state index in [4.69, 9.17) is 11.6 Å². The molecule has 1 saturated carbocycles. The topological polar surface area (TPSA) is 90.5 Å². The Balaban J connectivity index is 1.57. The first kappa shape index (κ1) is 27.5. The van der Waals surface area contributed by atoms with Crippen LogP contribution in [0.3, 0.4) is 0 Å². The molecule has 0 spiro atoms. The van der Waals surface area contributed by atoms with Gasteiger partial charge in [-0.1, -0.05) is 50.8 Å². The van der Waals surface area contributed by atoms with Crippen LogP contribution in [0.1, 0.15) is 79.5 Å². The number of halogens is 1. The lowest BCUT2D eigenvalue weighted by atomic mass is 9.95. The van der Waals surface area contributed by atoms with Crippen molar-refractivity contribution in [2.75, 3.05) is 30.3 Å². The lowest BCUT2D eigenvalue weighted by molar-refractivity contribution is -0.114. The second kappa shape index (κ2) is 13.9. The van der Waals surface area contributed by atoms with Crippen molar-refractivity contribution in [3.8, 4) is 0 Å². The summed E-state index contributed by atoms with van der Waals surface area (Å²) in [5, 5.41) is 9.34. The highest BCUT2D eigenvalue weighted by Crippen LogP contribution is 2.23. The Labute approximate surface area is 219 Å². The van der Waals surface area contributed by atoms with Gasteiger partial charge in [0.05, 0.1) is 17.1 Å². The fraction of sp³-hybridized carbons (Fsp3) is 0.464. The molecule has 3 N–H and O–H groups in total. The van der Waals surface area contributed by atoms with Crippen molar-refractivity contribution in [3.05, 3.63) is 58.6 Å². The van der Waals surface area contributed by atoms with Gasteiger partial charge < -0.3 is 20.9 Å². The molecule has 3 amide bonds. The van der Waals surface area contributed by atoms with E-state index in [9.17, 15) is 14.4 Å². The Bertz CT molecular complexity index is 1050. The molecule has 0 saturated heterocycles. The average molecular weight is 513 g/mol. The van der Waals surface area contributed by atoms with Gasteiger partial charge in [-0.25, -0.2) is 0 Å². The number of hydrogen-bond donors (Lipinski definition) is 3. The molecular weight excluding hydrogens is 476 g/mol. The van der Waals surface area contributed by atoms with E-state index in [-0.39, 0.29) is 30.3 Å². The number of amides is 3. The predicted octanol–water partition coefficient (Wildman–Crippen LogP) is 5.72. The Hall–Kier alpha value is -3.06. The van der Waals surface area contributed by atoms with Crippen LogP contribution in [0.2, 0.25) is 5.02 Å². The number of hydrogen-bond acceptors (Lipinski definition) is 4. The molecule has 1 aliphatic rings. The van der Waals surface area contributed by atoms with Crippen LogP contribution in [0.15, 0.2) is 42.5 Å². The van der Waals surface area contributed by atoms with Crippen LogP contribution < -0.4 is 16.0 Å². The van der Waals surface area contributed by atoms with E-state index < -0.39 is 0 Å². The molecule has 1 aliphatic carbocycles. The lowest BCUT2D eigenvalue weighted by Gasteiger charge is -2.23. The number of carbonyl (C=O) groups is 3. The Morgan fingerprint density at radius 2 is 1.67 bits per heavy atom. The minimum absolute atomic E-state index is 0.00127. The first-order chi connectivity index (χ1) is 17.4. The number of benzene rings is 2. The fourth-order valence-electron chi connectivity index (χ4n) is 4.47. The van der Waals surface area contributed by atoms with Crippen LogP contribution in [0.4, 0.5) is 11.4 Å². The smallest absolute Gasteiger partial charge is 0.253 e. The van der Waals surface area contributed by atoms with E-state index in [2.05, 4.69) is 16.0 Å². The molecule has 0 radical (unpaired) electrons. The summed E-state index contributed by atoms with van der Waals surface area (Å²) in [6, 6.07) is 12.2. The van der Waals surface area contributed by atoms with Crippen LogP contribution in [-0.2, 0) is 4.79 Å². The summed E-state index contributed by atoms with van der Waals surface area (Å²) in [7, 11) is 0. The second-order valence-corrected chi connectivity index (χ2v) is 9.68. The Morgan fingerprint density at radius 1 is 0.944 bits per heavy atom. The fourth-order valence-corrected chi connectivity index (χ4v) is 4.68. The van der Waals surface area contributed by atoms with Crippen molar-refractivity contribution in [1.29, 1.82) is 0 Å². The zero-order chi connectivity index (χ0) is 25.9. The van der Waals surface area contributed by atoms with Gasteiger partial charge in [-0.15, -0.1) is 0 Å². The van der Waals surface area contributed by atoms with Crippen molar-refractivity contribution in [2.45, 2.75) is 64.8 Å². The molecule has 2 aromatic carbocycles. The van der Waals surface area contributed by atoms with Crippen LogP contribution >= 0.6 is 11.6 Å². The molecule has 0 aromatic heterocycles. The van der Waals surface area contributed by atoms with Gasteiger partial charge in [0.15, 0.2) is 0 Å². The maximum atomic E-state index is 12.9. The number of nitrogens with zero attached hydrogens (tertiary/aromatic N) is 1. The lowest BCUT2D eigenvalue weighted by Crippen LogP contribution is -2.36. The minimum Gasteiger partial charge on any atom is -0.376 e. The number of carbonyl (C=O) groups excluding carboxylic acids is 3. The van der Waals surface area contributed by atoms with Gasteiger partial charge in [0.25, 0.3) is 11.8 Å². The van der Waals surface area contributed by atoms with Crippen molar-refractivity contribution in [2.24, 2.45) is 0 Å². The van der Waals surface area contributed by atoms with Crippen LogP contribution in [0.5, 0.6) is 0 Å². The van der Waals surface area contributed by atoms with E-state index in [0.29, 0.717) is 40.6 Å². The molecule has 2 aromatic rings. The molecule has 8 heteroatoms. The summed E-state index contributed by atoms with van der Waals surface area (Å²) < 4.78 is 0. The zero-order valence-corrected chi connectivity index (χ0v) is 22.0. The van der Waals surface area contributed by atoms with E-state index in [1.807, 2.05) is 18.7 Å². The average Bonchev–Trinajstić information content (AvgIpc) is 2.88. The molecule has 0 heterocycles. The van der Waals surface area contributed by atoms with Gasteiger partial charge in [-0.3, -0.25) is 14.4 Å². The van der Waals surface area contributed by atoms with Gasteiger partial charge in [0.1, 0.15) is 0 Å². The van der Waals surface area contributed by atoms with Gasteiger partial charge in [-0.2, -0.15) is 0 Å². The maximum absolute atomic E-state index is 12.9. The van der Waals surface area contributed by atoms with E-state index in [0.717, 1.165) is 38.5 Å². The summed E-state index contributed by atoms with van der Waals surface area (Å²) in [4.78, 5) is 40.0. The molecule has 0 atom stereocenters. The summed E-state index contributed by atoms with van der Waals surface area (Å²) in [6.45, 7) is 5.50. The largest absolute Gasteiger partial charge is 0.376 e. The second-order valence-electron chi connectivity index (χ2n) is 9.28. The van der Waals surface area contributed by atoms with Crippen LogP contribution in [0.25, 0.3) is 0 Å². The van der Waals surface area contributed by atoms with Crippen molar-refractivity contribution in [3.63, 3.8) is 0 Å². The van der Waals surface area contributed by atoms with E-state index in [1.165, 1.54) is 6.42 Å².